The Morgan fingerprint density at radius 3 is 2.50 bits per heavy atom. The highest BCUT2D eigenvalue weighted by molar-refractivity contribution is 6.17. The summed E-state index contributed by atoms with van der Waals surface area (Å²) in [5.74, 6) is -1.67. The first kappa shape index (κ1) is 16.4. The fourth-order valence-electron chi connectivity index (χ4n) is 1.49. The Kier molecular flexibility index (Phi) is 5.43. The number of halogens is 4. The fourth-order valence-corrected chi connectivity index (χ4v) is 1.72. The average Bonchev–Trinajstić information content (AvgIpc) is 2.37. The molecule has 0 N–H and O–H groups in total. The van der Waals surface area contributed by atoms with E-state index in [4.69, 9.17) is 16.3 Å². The lowest BCUT2D eigenvalue weighted by molar-refractivity contribution is -0.275. The van der Waals surface area contributed by atoms with Crippen LogP contribution in [0.2, 0.25) is 0 Å². The lowest BCUT2D eigenvalue weighted by Gasteiger charge is -2.16. The number of aromatic nitrogens is 1. The van der Waals surface area contributed by atoms with Gasteiger partial charge >= 0.3 is 12.3 Å². The monoisotopic (exact) mass is 313 g/mol. The number of methoxy groups -OCH3 is 2. The summed E-state index contributed by atoms with van der Waals surface area (Å²) in [5, 5.41) is 0. The number of pyridine rings is 1. The Bertz CT molecular complexity index is 493. The number of carbonyl (C=O) groups excluding carboxylic acids is 1. The van der Waals surface area contributed by atoms with Crippen LogP contribution < -0.4 is 9.47 Å². The summed E-state index contributed by atoms with van der Waals surface area (Å²) in [6, 6.07) is 0. The zero-order valence-corrected chi connectivity index (χ0v) is 11.3. The average molecular weight is 314 g/mol. The van der Waals surface area contributed by atoms with Crippen molar-refractivity contribution in [2.45, 2.75) is 18.7 Å². The van der Waals surface area contributed by atoms with Crippen molar-refractivity contribution in [1.29, 1.82) is 0 Å². The van der Waals surface area contributed by atoms with Crippen LogP contribution in [-0.2, 0) is 21.8 Å². The summed E-state index contributed by atoms with van der Waals surface area (Å²) in [6.07, 6.45) is -4.39. The predicted octanol–water partition coefficient (Wildman–Crippen LogP) is 2.44. The molecular weight excluding hydrogens is 303 g/mol. The zero-order chi connectivity index (χ0) is 15.3. The van der Waals surface area contributed by atoms with E-state index in [1.807, 2.05) is 0 Å². The zero-order valence-electron chi connectivity index (χ0n) is 10.6. The Labute approximate surface area is 117 Å². The van der Waals surface area contributed by atoms with Crippen molar-refractivity contribution >= 4 is 17.6 Å². The highest BCUT2D eigenvalue weighted by Crippen LogP contribution is 2.36. The molecule has 0 aromatic carbocycles. The molecule has 9 heteroatoms. The second kappa shape index (κ2) is 6.65. The number of alkyl halides is 4. The summed E-state index contributed by atoms with van der Waals surface area (Å²) in [6.45, 7) is 0. The van der Waals surface area contributed by atoms with Gasteiger partial charge in [-0.2, -0.15) is 0 Å². The van der Waals surface area contributed by atoms with Gasteiger partial charge in [0.1, 0.15) is 0 Å². The maximum Gasteiger partial charge on any atom is 0.573 e. The summed E-state index contributed by atoms with van der Waals surface area (Å²) in [5.41, 5.74) is 0.305. The molecule has 1 aromatic rings. The minimum absolute atomic E-state index is 0.0936. The van der Waals surface area contributed by atoms with Crippen LogP contribution in [0.15, 0.2) is 6.20 Å². The number of esters is 1. The summed E-state index contributed by atoms with van der Waals surface area (Å²) in [4.78, 5) is 15.0. The molecule has 0 aliphatic rings. The SMILES string of the molecule is COC(=O)Cc1c(CCl)ncc(OC(F)(F)F)c1OC. The lowest BCUT2D eigenvalue weighted by Crippen LogP contribution is -2.19. The number of nitrogens with zero attached hydrogens (tertiary/aromatic N) is 1. The van der Waals surface area contributed by atoms with Crippen LogP contribution in [0.3, 0.4) is 0 Å². The van der Waals surface area contributed by atoms with Crippen LogP contribution in [-0.4, -0.2) is 31.5 Å². The van der Waals surface area contributed by atoms with Gasteiger partial charge in [-0.25, -0.2) is 0 Å². The van der Waals surface area contributed by atoms with Gasteiger partial charge in [0.2, 0.25) is 0 Å². The van der Waals surface area contributed by atoms with Crippen molar-refractivity contribution in [2.24, 2.45) is 0 Å². The fraction of sp³-hybridized carbons (Fsp3) is 0.455. The van der Waals surface area contributed by atoms with Crippen LogP contribution in [0.1, 0.15) is 11.3 Å². The molecule has 0 spiro atoms. The third kappa shape index (κ3) is 4.16. The molecule has 0 atom stereocenters. The van der Waals surface area contributed by atoms with Crippen LogP contribution in [0.25, 0.3) is 0 Å². The van der Waals surface area contributed by atoms with Crippen molar-refractivity contribution in [1.82, 2.24) is 4.98 Å². The second-order valence-corrected chi connectivity index (χ2v) is 3.78. The third-order valence-corrected chi connectivity index (χ3v) is 2.54. The van der Waals surface area contributed by atoms with Crippen LogP contribution in [0, 0.1) is 0 Å². The number of ether oxygens (including phenoxy) is 3. The first-order valence-corrected chi connectivity index (χ1v) is 5.79. The topological polar surface area (TPSA) is 57.7 Å². The van der Waals surface area contributed by atoms with E-state index in [1.165, 1.54) is 0 Å². The summed E-state index contributed by atoms with van der Waals surface area (Å²) in [7, 11) is 2.30. The van der Waals surface area contributed by atoms with Crippen LogP contribution >= 0.6 is 11.6 Å². The van der Waals surface area contributed by atoms with E-state index < -0.39 is 18.1 Å². The van der Waals surface area contributed by atoms with Gasteiger partial charge in [-0.05, 0) is 0 Å². The second-order valence-electron chi connectivity index (χ2n) is 3.52. The van der Waals surface area contributed by atoms with E-state index in [-0.39, 0.29) is 29.3 Å². The van der Waals surface area contributed by atoms with E-state index in [2.05, 4.69) is 14.5 Å². The van der Waals surface area contributed by atoms with E-state index >= 15 is 0 Å². The van der Waals surface area contributed by atoms with Gasteiger partial charge in [-0.1, -0.05) is 0 Å². The molecular formula is C11H11ClF3NO4. The van der Waals surface area contributed by atoms with Crippen molar-refractivity contribution in [3.05, 3.63) is 17.5 Å². The molecule has 0 aliphatic heterocycles. The van der Waals surface area contributed by atoms with Gasteiger partial charge in [0.05, 0.1) is 38.4 Å². The minimum Gasteiger partial charge on any atom is -0.492 e. The molecule has 1 rings (SSSR count). The number of carbonyl (C=O) groups is 1. The van der Waals surface area contributed by atoms with E-state index in [0.717, 1.165) is 20.4 Å². The first-order chi connectivity index (χ1) is 9.32. The molecule has 1 aromatic heterocycles. The smallest absolute Gasteiger partial charge is 0.492 e. The van der Waals surface area contributed by atoms with Gasteiger partial charge in [0.25, 0.3) is 0 Å². The van der Waals surface area contributed by atoms with Gasteiger partial charge < -0.3 is 14.2 Å². The largest absolute Gasteiger partial charge is 0.573 e. The molecule has 0 saturated heterocycles. The Balaban J connectivity index is 3.28. The first-order valence-electron chi connectivity index (χ1n) is 5.25. The molecule has 0 unspecified atom stereocenters. The molecule has 5 nitrogen and oxygen atoms in total. The van der Waals surface area contributed by atoms with Gasteiger partial charge in [0.15, 0.2) is 11.5 Å². The maximum absolute atomic E-state index is 12.3. The van der Waals surface area contributed by atoms with E-state index in [1.54, 1.807) is 0 Å². The highest BCUT2D eigenvalue weighted by atomic mass is 35.5. The van der Waals surface area contributed by atoms with Crippen molar-refractivity contribution in [2.75, 3.05) is 14.2 Å². The van der Waals surface area contributed by atoms with Crippen molar-refractivity contribution < 1.29 is 32.2 Å². The maximum atomic E-state index is 12.3. The van der Waals surface area contributed by atoms with Gasteiger partial charge in [-0.3, -0.25) is 9.78 Å². The normalized spacial score (nSPS) is 11.1. The molecule has 20 heavy (non-hydrogen) atoms. The molecule has 1 heterocycles. The standard InChI is InChI=1S/C11H11ClF3NO4/c1-18-9(17)3-6-7(4-12)16-5-8(10(6)19-2)20-11(13,14)15/h5H,3-4H2,1-2H3. The Hall–Kier alpha value is -1.70. The van der Waals surface area contributed by atoms with E-state index in [9.17, 15) is 18.0 Å². The third-order valence-electron chi connectivity index (χ3n) is 2.29. The van der Waals surface area contributed by atoms with Crippen molar-refractivity contribution in [3.8, 4) is 11.5 Å². The van der Waals surface area contributed by atoms with Gasteiger partial charge in [-0.15, -0.1) is 24.8 Å². The van der Waals surface area contributed by atoms with Crippen LogP contribution in [0.4, 0.5) is 13.2 Å². The quantitative estimate of drug-likeness (QED) is 0.617. The number of hydrogen-bond donors (Lipinski definition) is 0. The molecule has 0 saturated carbocycles. The minimum atomic E-state index is -4.90. The lowest BCUT2D eigenvalue weighted by atomic mass is 10.1. The summed E-state index contributed by atoms with van der Waals surface area (Å²) >= 11 is 5.64. The molecule has 0 amide bonds. The number of hydrogen-bond acceptors (Lipinski definition) is 5. The number of rotatable bonds is 5. The Morgan fingerprint density at radius 2 is 2.05 bits per heavy atom. The molecule has 0 fully saturated rings. The van der Waals surface area contributed by atoms with Crippen LogP contribution in [0.5, 0.6) is 11.5 Å². The molecule has 0 aliphatic carbocycles. The molecule has 0 bridgehead atoms. The summed E-state index contributed by atoms with van der Waals surface area (Å²) < 4.78 is 50.0. The van der Waals surface area contributed by atoms with Crippen molar-refractivity contribution in [3.63, 3.8) is 0 Å². The molecule has 0 radical (unpaired) electrons. The Morgan fingerprint density at radius 1 is 1.40 bits per heavy atom. The predicted molar refractivity (Wildman–Crippen MR) is 62.7 cm³/mol. The van der Waals surface area contributed by atoms with E-state index in [0.29, 0.717) is 0 Å². The highest BCUT2D eigenvalue weighted by Gasteiger charge is 2.34. The molecule has 112 valence electrons. The van der Waals surface area contributed by atoms with Gasteiger partial charge in [0, 0.05) is 5.56 Å².